The van der Waals surface area contributed by atoms with Crippen molar-refractivity contribution in [2.24, 2.45) is 0 Å². The van der Waals surface area contributed by atoms with E-state index in [0.717, 1.165) is 15.8 Å². The van der Waals surface area contributed by atoms with E-state index in [0.29, 0.717) is 0 Å². The van der Waals surface area contributed by atoms with Gasteiger partial charge in [0.05, 0.1) is 17.4 Å². The number of aryl methyl sites for hydroxylation is 1. The number of hydrogen-bond donors (Lipinski definition) is 2. The van der Waals surface area contributed by atoms with Gasteiger partial charge in [0, 0.05) is 14.2 Å². The van der Waals surface area contributed by atoms with Crippen LogP contribution in [-0.4, -0.2) is 0 Å². The fourth-order valence-electron chi connectivity index (χ4n) is 1.66. The van der Waals surface area contributed by atoms with Gasteiger partial charge in [-0.1, -0.05) is 15.9 Å². The van der Waals surface area contributed by atoms with Crippen LogP contribution in [0.1, 0.15) is 22.7 Å². The van der Waals surface area contributed by atoms with Gasteiger partial charge in [0.15, 0.2) is 0 Å². The van der Waals surface area contributed by atoms with Crippen LogP contribution in [0.3, 0.4) is 0 Å². The SMILES string of the molecule is Cc1ccc(C(C)Nc2ccc(Br)cc2N)s1. The third-order valence-corrected chi connectivity index (χ3v) is 4.25. The molecule has 90 valence electrons. The van der Waals surface area contributed by atoms with Crippen molar-refractivity contribution in [2.45, 2.75) is 19.9 Å². The summed E-state index contributed by atoms with van der Waals surface area (Å²) in [6.07, 6.45) is 0. The Morgan fingerprint density at radius 3 is 2.65 bits per heavy atom. The minimum atomic E-state index is 0.275. The molecule has 0 amide bonds. The molecule has 1 aromatic heterocycles. The second kappa shape index (κ2) is 5.10. The van der Waals surface area contributed by atoms with Crippen molar-refractivity contribution < 1.29 is 0 Å². The molecule has 0 radical (unpaired) electrons. The Hall–Kier alpha value is -1.000. The third kappa shape index (κ3) is 3.01. The average molecular weight is 311 g/mol. The molecule has 2 nitrogen and oxygen atoms in total. The van der Waals surface area contributed by atoms with E-state index in [1.54, 1.807) is 0 Å². The molecule has 2 aromatic rings. The smallest absolute Gasteiger partial charge is 0.0579 e. The number of anilines is 2. The molecule has 0 fully saturated rings. The van der Waals surface area contributed by atoms with Crippen molar-refractivity contribution >= 4 is 38.6 Å². The summed E-state index contributed by atoms with van der Waals surface area (Å²) in [7, 11) is 0. The van der Waals surface area contributed by atoms with Crippen LogP contribution in [0.15, 0.2) is 34.8 Å². The lowest BCUT2D eigenvalue weighted by molar-refractivity contribution is 0.909. The van der Waals surface area contributed by atoms with Crippen molar-refractivity contribution in [3.63, 3.8) is 0 Å². The highest BCUT2D eigenvalue weighted by Gasteiger charge is 2.09. The molecule has 1 unspecified atom stereocenters. The minimum absolute atomic E-state index is 0.275. The van der Waals surface area contributed by atoms with E-state index in [9.17, 15) is 0 Å². The van der Waals surface area contributed by atoms with Gasteiger partial charge in [0.1, 0.15) is 0 Å². The Morgan fingerprint density at radius 2 is 2.06 bits per heavy atom. The molecular formula is C13H15BrN2S. The van der Waals surface area contributed by atoms with Crippen molar-refractivity contribution in [3.05, 3.63) is 44.6 Å². The zero-order valence-electron chi connectivity index (χ0n) is 9.83. The Bertz CT molecular complexity index is 522. The van der Waals surface area contributed by atoms with E-state index >= 15 is 0 Å². The number of rotatable bonds is 3. The zero-order chi connectivity index (χ0) is 12.4. The van der Waals surface area contributed by atoms with Crippen LogP contribution in [0.25, 0.3) is 0 Å². The van der Waals surface area contributed by atoms with Crippen LogP contribution in [0.2, 0.25) is 0 Å². The van der Waals surface area contributed by atoms with Crippen LogP contribution >= 0.6 is 27.3 Å². The Balaban J connectivity index is 2.15. The van der Waals surface area contributed by atoms with Gasteiger partial charge in [0.25, 0.3) is 0 Å². The molecule has 2 rings (SSSR count). The average Bonchev–Trinajstić information content (AvgIpc) is 2.69. The Kier molecular flexibility index (Phi) is 3.74. The van der Waals surface area contributed by atoms with E-state index in [1.165, 1.54) is 9.75 Å². The second-order valence-corrected chi connectivity index (χ2v) is 6.28. The summed E-state index contributed by atoms with van der Waals surface area (Å²) in [6, 6.07) is 10.5. The van der Waals surface area contributed by atoms with Crippen molar-refractivity contribution in [3.8, 4) is 0 Å². The van der Waals surface area contributed by atoms with Gasteiger partial charge in [-0.05, 0) is 44.2 Å². The maximum absolute atomic E-state index is 5.96. The van der Waals surface area contributed by atoms with Gasteiger partial charge in [-0.15, -0.1) is 11.3 Å². The number of thiophene rings is 1. The van der Waals surface area contributed by atoms with Crippen LogP contribution < -0.4 is 11.1 Å². The number of nitrogens with one attached hydrogen (secondary N) is 1. The molecule has 0 aliphatic carbocycles. The summed E-state index contributed by atoms with van der Waals surface area (Å²) >= 11 is 5.22. The van der Waals surface area contributed by atoms with E-state index < -0.39 is 0 Å². The predicted octanol–water partition coefficient (Wildman–Crippen LogP) is 4.57. The molecule has 4 heteroatoms. The molecular weight excluding hydrogens is 296 g/mol. The highest BCUT2D eigenvalue weighted by atomic mass is 79.9. The summed E-state index contributed by atoms with van der Waals surface area (Å²) in [4.78, 5) is 2.65. The number of nitrogen functional groups attached to an aromatic ring is 1. The maximum atomic E-state index is 5.96. The van der Waals surface area contributed by atoms with Gasteiger partial charge < -0.3 is 11.1 Å². The summed E-state index contributed by atoms with van der Waals surface area (Å²) in [5.41, 5.74) is 7.71. The topological polar surface area (TPSA) is 38.0 Å². The fraction of sp³-hybridized carbons (Fsp3) is 0.231. The molecule has 3 N–H and O–H groups in total. The van der Waals surface area contributed by atoms with Crippen LogP contribution in [0.4, 0.5) is 11.4 Å². The van der Waals surface area contributed by atoms with Crippen molar-refractivity contribution in [1.82, 2.24) is 0 Å². The first-order valence-corrected chi connectivity index (χ1v) is 7.05. The zero-order valence-corrected chi connectivity index (χ0v) is 12.2. The molecule has 0 saturated carbocycles. The molecule has 0 aliphatic heterocycles. The van der Waals surface area contributed by atoms with E-state index in [2.05, 4.69) is 47.2 Å². The molecule has 0 aliphatic rings. The summed E-state index contributed by atoms with van der Waals surface area (Å²) in [5.74, 6) is 0. The maximum Gasteiger partial charge on any atom is 0.0579 e. The van der Waals surface area contributed by atoms with Crippen LogP contribution in [-0.2, 0) is 0 Å². The normalized spacial score (nSPS) is 12.4. The van der Waals surface area contributed by atoms with E-state index in [-0.39, 0.29) is 6.04 Å². The predicted molar refractivity (Wildman–Crippen MR) is 79.6 cm³/mol. The van der Waals surface area contributed by atoms with Gasteiger partial charge in [-0.3, -0.25) is 0 Å². The summed E-state index contributed by atoms with van der Waals surface area (Å²) < 4.78 is 1.00. The highest BCUT2D eigenvalue weighted by Crippen LogP contribution is 2.29. The number of benzene rings is 1. The van der Waals surface area contributed by atoms with Gasteiger partial charge >= 0.3 is 0 Å². The van der Waals surface area contributed by atoms with Crippen molar-refractivity contribution in [2.75, 3.05) is 11.1 Å². The molecule has 17 heavy (non-hydrogen) atoms. The molecule has 0 saturated heterocycles. The minimum Gasteiger partial charge on any atom is -0.397 e. The third-order valence-electron chi connectivity index (χ3n) is 2.57. The number of halogens is 1. The lowest BCUT2D eigenvalue weighted by Gasteiger charge is -2.15. The standard InChI is InChI=1S/C13H15BrN2S/c1-8-3-6-13(17-8)9(2)16-12-5-4-10(14)7-11(12)15/h3-7,9,16H,15H2,1-2H3. The lowest BCUT2D eigenvalue weighted by atomic mass is 10.2. The summed E-state index contributed by atoms with van der Waals surface area (Å²) in [6.45, 7) is 4.27. The highest BCUT2D eigenvalue weighted by molar-refractivity contribution is 9.10. The first-order valence-electron chi connectivity index (χ1n) is 5.44. The van der Waals surface area contributed by atoms with Crippen LogP contribution in [0, 0.1) is 6.92 Å². The molecule has 1 heterocycles. The first kappa shape index (κ1) is 12.5. The number of hydrogen-bond acceptors (Lipinski definition) is 3. The molecule has 1 aromatic carbocycles. The largest absolute Gasteiger partial charge is 0.397 e. The molecule has 1 atom stereocenters. The Labute approximate surface area is 114 Å². The van der Waals surface area contributed by atoms with E-state index in [1.807, 2.05) is 29.5 Å². The monoisotopic (exact) mass is 310 g/mol. The van der Waals surface area contributed by atoms with Gasteiger partial charge in [-0.2, -0.15) is 0 Å². The number of nitrogens with two attached hydrogens (primary N) is 1. The van der Waals surface area contributed by atoms with Gasteiger partial charge in [0.2, 0.25) is 0 Å². The fourth-order valence-corrected chi connectivity index (χ4v) is 2.91. The quantitative estimate of drug-likeness (QED) is 0.815. The lowest BCUT2D eigenvalue weighted by Crippen LogP contribution is -2.06. The van der Waals surface area contributed by atoms with Gasteiger partial charge in [-0.25, -0.2) is 0 Å². The summed E-state index contributed by atoms with van der Waals surface area (Å²) in [5, 5.41) is 3.43. The first-order chi connectivity index (χ1) is 8.06. The van der Waals surface area contributed by atoms with Crippen LogP contribution in [0.5, 0.6) is 0 Å². The molecule has 0 bridgehead atoms. The molecule has 0 spiro atoms. The van der Waals surface area contributed by atoms with Crippen molar-refractivity contribution in [1.29, 1.82) is 0 Å². The Morgan fingerprint density at radius 1 is 1.29 bits per heavy atom. The van der Waals surface area contributed by atoms with E-state index in [4.69, 9.17) is 5.73 Å². The second-order valence-electron chi connectivity index (χ2n) is 4.05.